The lowest BCUT2D eigenvalue weighted by atomic mass is 9.76. The number of nitrogens with one attached hydrogen (secondary N) is 2. The average Bonchev–Trinajstić information content (AvgIpc) is 2.85. The summed E-state index contributed by atoms with van der Waals surface area (Å²) in [6.07, 6.45) is 1.33. The molecular weight excluding hydrogens is 364 g/mol. The van der Waals surface area contributed by atoms with E-state index < -0.39 is 35.3 Å². The van der Waals surface area contributed by atoms with Gasteiger partial charge >= 0.3 is 0 Å². The van der Waals surface area contributed by atoms with Crippen molar-refractivity contribution in [2.75, 3.05) is 6.54 Å². The molecular formula is C19H22N4O5. The van der Waals surface area contributed by atoms with Gasteiger partial charge in [0.05, 0.1) is 16.7 Å². The topological polar surface area (TPSA) is 142 Å². The molecule has 4 amide bonds. The molecule has 1 saturated carbocycles. The lowest BCUT2D eigenvalue weighted by molar-refractivity contribution is -0.136. The quantitative estimate of drug-likeness (QED) is 0.477. The fourth-order valence-corrected chi connectivity index (χ4v) is 4.13. The molecule has 1 unspecified atom stereocenters. The number of nitrogens with two attached hydrogens (primary N) is 1. The maximum atomic E-state index is 12.8. The van der Waals surface area contributed by atoms with E-state index in [2.05, 4.69) is 10.6 Å². The highest BCUT2D eigenvalue weighted by atomic mass is 16.3. The van der Waals surface area contributed by atoms with Crippen molar-refractivity contribution in [2.45, 2.75) is 49.9 Å². The number of piperidine rings is 1. The monoisotopic (exact) mass is 386 g/mol. The molecule has 0 radical (unpaired) electrons. The summed E-state index contributed by atoms with van der Waals surface area (Å²) in [6, 6.07) is 4.01. The molecule has 2 aliphatic heterocycles. The number of fused-ring (bicyclic) bond motifs is 1. The summed E-state index contributed by atoms with van der Waals surface area (Å²) in [5.74, 6) is -2.08. The zero-order chi connectivity index (χ0) is 20.1. The van der Waals surface area contributed by atoms with Crippen molar-refractivity contribution in [1.29, 1.82) is 0 Å². The third-order valence-corrected chi connectivity index (χ3v) is 5.57. The zero-order valence-electron chi connectivity index (χ0n) is 15.2. The van der Waals surface area contributed by atoms with Crippen molar-refractivity contribution in [2.24, 2.45) is 5.73 Å². The molecule has 1 saturated heterocycles. The fourth-order valence-electron chi connectivity index (χ4n) is 4.13. The Kier molecular flexibility index (Phi) is 4.53. The molecule has 9 nitrogen and oxygen atoms in total. The van der Waals surface area contributed by atoms with Gasteiger partial charge in [-0.25, -0.2) is 0 Å². The van der Waals surface area contributed by atoms with Gasteiger partial charge in [0.2, 0.25) is 11.8 Å². The van der Waals surface area contributed by atoms with Crippen LogP contribution in [0.3, 0.4) is 0 Å². The van der Waals surface area contributed by atoms with Gasteiger partial charge in [-0.3, -0.25) is 29.4 Å². The SMILES string of the molecule is NC1CC(O)(CNCc2ccc3c(c2)C(=O)N(C2CCC(=O)NC2=O)C3=O)C1. The second kappa shape index (κ2) is 6.77. The van der Waals surface area contributed by atoms with Gasteiger partial charge in [0.25, 0.3) is 11.8 Å². The van der Waals surface area contributed by atoms with Crippen LogP contribution < -0.4 is 16.4 Å². The van der Waals surface area contributed by atoms with Crippen molar-refractivity contribution < 1.29 is 24.3 Å². The second-order valence-corrected chi connectivity index (χ2v) is 7.82. The van der Waals surface area contributed by atoms with E-state index in [1.54, 1.807) is 18.2 Å². The van der Waals surface area contributed by atoms with Crippen LogP contribution in [0.2, 0.25) is 0 Å². The third kappa shape index (κ3) is 3.21. The maximum Gasteiger partial charge on any atom is 0.262 e. The molecule has 1 aromatic rings. The Morgan fingerprint density at radius 1 is 1.18 bits per heavy atom. The van der Waals surface area contributed by atoms with Gasteiger partial charge in [0.1, 0.15) is 6.04 Å². The van der Waals surface area contributed by atoms with Crippen molar-refractivity contribution >= 4 is 23.6 Å². The van der Waals surface area contributed by atoms with E-state index in [0.717, 1.165) is 10.5 Å². The minimum atomic E-state index is -0.969. The molecule has 1 aliphatic carbocycles. The molecule has 1 atom stereocenters. The van der Waals surface area contributed by atoms with Crippen LogP contribution in [0, 0.1) is 0 Å². The summed E-state index contributed by atoms with van der Waals surface area (Å²) in [5, 5.41) is 15.5. The van der Waals surface area contributed by atoms with Crippen LogP contribution in [0.1, 0.15) is 52.0 Å². The number of carbonyl (C=O) groups is 4. The first-order valence-electron chi connectivity index (χ1n) is 9.31. The smallest absolute Gasteiger partial charge is 0.262 e. The predicted octanol–water partition coefficient (Wildman–Crippen LogP) is -0.970. The largest absolute Gasteiger partial charge is 0.388 e. The van der Waals surface area contributed by atoms with Crippen molar-refractivity contribution in [3.8, 4) is 0 Å². The molecule has 9 heteroatoms. The standard InChI is InChI=1S/C19H22N4O5/c20-11-6-19(28,7-11)9-21-8-10-1-2-12-13(5-10)18(27)23(17(12)26)14-3-4-15(24)22-16(14)25/h1-2,5,11,14,21,28H,3-4,6-9,20H2,(H,22,24,25). The summed E-state index contributed by atoms with van der Waals surface area (Å²) < 4.78 is 0. The maximum absolute atomic E-state index is 12.8. The molecule has 148 valence electrons. The minimum absolute atomic E-state index is 0.0358. The van der Waals surface area contributed by atoms with Crippen LogP contribution >= 0.6 is 0 Å². The van der Waals surface area contributed by atoms with Gasteiger partial charge in [0.15, 0.2) is 0 Å². The van der Waals surface area contributed by atoms with Crippen LogP contribution in [0.5, 0.6) is 0 Å². The number of hydrogen-bond donors (Lipinski definition) is 4. The van der Waals surface area contributed by atoms with Crippen LogP contribution in [0.4, 0.5) is 0 Å². The van der Waals surface area contributed by atoms with Gasteiger partial charge in [-0.2, -0.15) is 0 Å². The fraction of sp³-hybridized carbons (Fsp3) is 0.474. The van der Waals surface area contributed by atoms with Crippen molar-refractivity contribution in [3.63, 3.8) is 0 Å². The Morgan fingerprint density at radius 2 is 1.89 bits per heavy atom. The number of benzene rings is 1. The average molecular weight is 386 g/mol. The number of amides is 4. The van der Waals surface area contributed by atoms with Gasteiger partial charge in [-0.05, 0) is 37.0 Å². The van der Waals surface area contributed by atoms with Crippen LogP contribution in [-0.2, 0) is 16.1 Å². The normalized spacial score (nSPS) is 29.6. The first-order chi connectivity index (χ1) is 13.3. The van der Waals surface area contributed by atoms with E-state index in [9.17, 15) is 24.3 Å². The highest BCUT2D eigenvalue weighted by Crippen LogP contribution is 2.30. The van der Waals surface area contributed by atoms with E-state index >= 15 is 0 Å². The summed E-state index contributed by atoms with van der Waals surface area (Å²) in [6.45, 7) is 0.817. The lowest BCUT2D eigenvalue weighted by Gasteiger charge is -2.41. The van der Waals surface area contributed by atoms with E-state index in [4.69, 9.17) is 5.73 Å². The molecule has 4 rings (SSSR count). The molecule has 3 aliphatic rings. The number of nitrogens with zero attached hydrogens (tertiary/aromatic N) is 1. The zero-order valence-corrected chi connectivity index (χ0v) is 15.2. The molecule has 28 heavy (non-hydrogen) atoms. The van der Waals surface area contributed by atoms with Crippen LogP contribution in [-0.4, -0.2) is 57.9 Å². The molecule has 0 aromatic heterocycles. The van der Waals surface area contributed by atoms with Gasteiger partial charge in [-0.1, -0.05) is 6.07 Å². The highest BCUT2D eigenvalue weighted by Gasteiger charge is 2.44. The molecule has 2 fully saturated rings. The Balaban J connectivity index is 1.45. The van der Waals surface area contributed by atoms with E-state index in [0.29, 0.717) is 25.9 Å². The lowest BCUT2D eigenvalue weighted by Crippen LogP contribution is -2.56. The van der Waals surface area contributed by atoms with Gasteiger partial charge in [0, 0.05) is 25.6 Å². The van der Waals surface area contributed by atoms with Crippen LogP contribution in [0.15, 0.2) is 18.2 Å². The van der Waals surface area contributed by atoms with E-state index in [1.807, 2.05) is 0 Å². The summed E-state index contributed by atoms with van der Waals surface area (Å²) in [5.41, 5.74) is 6.21. The Morgan fingerprint density at radius 3 is 2.57 bits per heavy atom. The second-order valence-electron chi connectivity index (χ2n) is 7.82. The Labute approximate surface area is 161 Å². The highest BCUT2D eigenvalue weighted by molar-refractivity contribution is 6.23. The Hall–Kier alpha value is -2.62. The van der Waals surface area contributed by atoms with Crippen molar-refractivity contribution in [3.05, 3.63) is 34.9 Å². The molecule has 0 spiro atoms. The van der Waals surface area contributed by atoms with Crippen LogP contribution in [0.25, 0.3) is 0 Å². The number of rotatable bonds is 5. The number of carbonyl (C=O) groups excluding carboxylic acids is 4. The molecule has 0 bridgehead atoms. The minimum Gasteiger partial charge on any atom is -0.388 e. The molecule has 1 aromatic carbocycles. The Bertz CT molecular complexity index is 877. The first-order valence-corrected chi connectivity index (χ1v) is 9.31. The van der Waals surface area contributed by atoms with Gasteiger partial charge < -0.3 is 16.2 Å². The van der Waals surface area contributed by atoms with E-state index in [-0.39, 0.29) is 30.0 Å². The van der Waals surface area contributed by atoms with E-state index in [1.165, 1.54) is 0 Å². The molecule has 2 heterocycles. The number of aliphatic hydroxyl groups is 1. The number of hydrogen-bond acceptors (Lipinski definition) is 7. The third-order valence-electron chi connectivity index (χ3n) is 5.57. The summed E-state index contributed by atoms with van der Waals surface area (Å²) in [4.78, 5) is 49.8. The predicted molar refractivity (Wildman–Crippen MR) is 97.0 cm³/mol. The van der Waals surface area contributed by atoms with Gasteiger partial charge in [-0.15, -0.1) is 0 Å². The number of imide groups is 2. The first kappa shape index (κ1) is 18.7. The molecule has 5 N–H and O–H groups in total. The summed E-state index contributed by atoms with van der Waals surface area (Å²) in [7, 11) is 0. The summed E-state index contributed by atoms with van der Waals surface area (Å²) >= 11 is 0. The van der Waals surface area contributed by atoms with Crippen molar-refractivity contribution in [1.82, 2.24) is 15.5 Å².